The van der Waals surface area contributed by atoms with E-state index in [1.807, 2.05) is 13.8 Å². The van der Waals surface area contributed by atoms with Gasteiger partial charge in [-0.15, -0.1) is 35.3 Å². The van der Waals surface area contributed by atoms with Crippen molar-refractivity contribution in [1.29, 1.82) is 0 Å². The summed E-state index contributed by atoms with van der Waals surface area (Å²) in [5.41, 5.74) is -0.823. The van der Waals surface area contributed by atoms with E-state index >= 15 is 0 Å². The lowest BCUT2D eigenvalue weighted by atomic mass is 10.3. The van der Waals surface area contributed by atoms with E-state index in [1.165, 1.54) is 0 Å². The highest BCUT2D eigenvalue weighted by molar-refractivity contribution is 14.0. The summed E-state index contributed by atoms with van der Waals surface area (Å²) in [6.45, 7) is 7.21. The molecule has 0 amide bonds. The molecular weight excluding hydrogens is 428 g/mol. The summed E-state index contributed by atoms with van der Waals surface area (Å²) in [7, 11) is 0. The molecule has 0 radical (unpaired) electrons. The van der Waals surface area contributed by atoms with Gasteiger partial charge >= 0.3 is 6.18 Å². The van der Waals surface area contributed by atoms with Crippen molar-refractivity contribution in [2.24, 2.45) is 4.99 Å². The predicted octanol–water partition coefficient (Wildman–Crippen LogP) is 3.68. The molecule has 0 saturated heterocycles. The van der Waals surface area contributed by atoms with Crippen LogP contribution in [0.3, 0.4) is 0 Å². The van der Waals surface area contributed by atoms with Gasteiger partial charge in [-0.25, -0.2) is 4.98 Å². The van der Waals surface area contributed by atoms with Crippen molar-refractivity contribution < 1.29 is 13.2 Å². The minimum absolute atomic E-state index is 0. The van der Waals surface area contributed by atoms with Crippen LogP contribution in [0.4, 0.5) is 13.2 Å². The van der Waals surface area contributed by atoms with Crippen molar-refractivity contribution in [1.82, 2.24) is 15.6 Å². The average Bonchev–Trinajstić information content (AvgIpc) is 2.87. The smallest absolute Gasteiger partial charge is 0.357 e. The van der Waals surface area contributed by atoms with Gasteiger partial charge in [0.15, 0.2) is 11.7 Å². The number of rotatable bonds is 6. The fourth-order valence-corrected chi connectivity index (χ4v) is 2.27. The lowest BCUT2D eigenvalue weighted by molar-refractivity contribution is -0.140. The van der Waals surface area contributed by atoms with Crippen molar-refractivity contribution in [3.63, 3.8) is 0 Å². The minimum atomic E-state index is -4.37. The SMILES string of the molecule is CCNC(=NCCc1nc(C(F)(F)F)cs1)NC(C)CC.I. The lowest BCUT2D eigenvalue weighted by Crippen LogP contribution is -2.42. The van der Waals surface area contributed by atoms with Gasteiger partial charge in [-0.3, -0.25) is 4.99 Å². The van der Waals surface area contributed by atoms with E-state index in [0.717, 1.165) is 29.7 Å². The molecule has 128 valence electrons. The Morgan fingerprint density at radius 2 is 2.09 bits per heavy atom. The van der Waals surface area contributed by atoms with Crippen LogP contribution in [0.5, 0.6) is 0 Å². The Kier molecular flexibility index (Phi) is 9.97. The normalized spacial score (nSPS) is 13.5. The summed E-state index contributed by atoms with van der Waals surface area (Å²) in [6.07, 6.45) is -3.01. The molecule has 1 rings (SSSR count). The number of hydrogen-bond donors (Lipinski definition) is 2. The van der Waals surface area contributed by atoms with Crippen LogP contribution >= 0.6 is 35.3 Å². The van der Waals surface area contributed by atoms with Gasteiger partial charge in [-0.1, -0.05) is 6.92 Å². The van der Waals surface area contributed by atoms with E-state index < -0.39 is 11.9 Å². The monoisotopic (exact) mass is 450 g/mol. The standard InChI is InChI=1S/C13H21F3N4S.HI/c1-4-9(3)19-12(17-5-2)18-7-6-11-20-10(8-21-11)13(14,15)16;/h8-9H,4-7H2,1-3H3,(H2,17,18,19);1H. The van der Waals surface area contributed by atoms with Crippen LogP contribution in [0, 0.1) is 0 Å². The predicted molar refractivity (Wildman–Crippen MR) is 95.1 cm³/mol. The van der Waals surface area contributed by atoms with Gasteiger partial charge in [0, 0.05) is 30.9 Å². The van der Waals surface area contributed by atoms with Crippen LogP contribution in [-0.4, -0.2) is 30.1 Å². The van der Waals surface area contributed by atoms with Crippen molar-refractivity contribution in [3.8, 4) is 0 Å². The zero-order valence-corrected chi connectivity index (χ0v) is 16.0. The summed E-state index contributed by atoms with van der Waals surface area (Å²) in [6, 6.07) is 0.291. The average molecular weight is 450 g/mol. The molecule has 1 atom stereocenters. The van der Waals surface area contributed by atoms with E-state index in [4.69, 9.17) is 0 Å². The largest absolute Gasteiger partial charge is 0.434 e. The fourth-order valence-electron chi connectivity index (χ4n) is 1.47. The second kappa shape index (κ2) is 10.2. The highest BCUT2D eigenvalue weighted by Crippen LogP contribution is 2.30. The first-order valence-corrected chi connectivity index (χ1v) is 7.81. The van der Waals surface area contributed by atoms with Crippen molar-refractivity contribution in [3.05, 3.63) is 16.1 Å². The second-order valence-electron chi connectivity index (χ2n) is 4.59. The number of halogens is 4. The Labute approximate surface area is 150 Å². The maximum absolute atomic E-state index is 12.4. The maximum atomic E-state index is 12.4. The molecule has 0 aliphatic carbocycles. The third-order valence-corrected chi connectivity index (χ3v) is 3.69. The number of nitrogens with one attached hydrogen (secondary N) is 2. The maximum Gasteiger partial charge on any atom is 0.434 e. The Balaban J connectivity index is 0.00000441. The number of hydrogen-bond acceptors (Lipinski definition) is 3. The third-order valence-electron chi connectivity index (χ3n) is 2.78. The van der Waals surface area contributed by atoms with Crippen LogP contribution in [0.1, 0.15) is 37.9 Å². The van der Waals surface area contributed by atoms with Gasteiger partial charge in [0.2, 0.25) is 0 Å². The number of nitrogens with zero attached hydrogens (tertiary/aromatic N) is 2. The zero-order valence-electron chi connectivity index (χ0n) is 12.8. The number of aromatic nitrogens is 1. The minimum Gasteiger partial charge on any atom is -0.357 e. The molecule has 1 aromatic heterocycles. The van der Waals surface area contributed by atoms with Gasteiger partial charge in [-0.05, 0) is 20.3 Å². The highest BCUT2D eigenvalue weighted by atomic mass is 127. The van der Waals surface area contributed by atoms with Crippen LogP contribution in [0.2, 0.25) is 0 Å². The molecule has 1 aromatic rings. The zero-order chi connectivity index (χ0) is 15.9. The first-order valence-electron chi connectivity index (χ1n) is 6.93. The molecule has 0 aromatic carbocycles. The Bertz CT molecular complexity index is 462. The highest BCUT2D eigenvalue weighted by Gasteiger charge is 2.33. The first-order chi connectivity index (χ1) is 9.86. The number of thiazole rings is 1. The molecule has 0 fully saturated rings. The Hall–Kier alpha value is -0.580. The summed E-state index contributed by atoms with van der Waals surface area (Å²) in [4.78, 5) is 7.93. The third kappa shape index (κ3) is 7.61. The van der Waals surface area contributed by atoms with E-state index in [0.29, 0.717) is 30.0 Å². The quantitative estimate of drug-likeness (QED) is 0.395. The number of aliphatic imine (C=N–C) groups is 1. The van der Waals surface area contributed by atoms with Gasteiger partial charge in [0.1, 0.15) is 0 Å². The molecular formula is C13H22F3IN4S. The molecule has 0 saturated carbocycles. The molecule has 0 aliphatic rings. The van der Waals surface area contributed by atoms with Gasteiger partial charge in [-0.2, -0.15) is 13.2 Å². The summed E-state index contributed by atoms with van der Waals surface area (Å²) >= 11 is 1.02. The molecule has 1 unspecified atom stereocenters. The number of guanidine groups is 1. The van der Waals surface area contributed by atoms with Gasteiger partial charge in [0.05, 0.1) is 5.01 Å². The molecule has 22 heavy (non-hydrogen) atoms. The van der Waals surface area contributed by atoms with Gasteiger partial charge in [0.25, 0.3) is 0 Å². The number of alkyl halides is 3. The van der Waals surface area contributed by atoms with E-state index in [9.17, 15) is 13.2 Å². The van der Waals surface area contributed by atoms with E-state index in [2.05, 4.69) is 27.5 Å². The molecule has 4 nitrogen and oxygen atoms in total. The summed E-state index contributed by atoms with van der Waals surface area (Å²) in [5.74, 6) is 0.680. The van der Waals surface area contributed by atoms with E-state index in [-0.39, 0.29) is 24.0 Å². The topological polar surface area (TPSA) is 49.3 Å². The molecule has 1 heterocycles. The van der Waals surface area contributed by atoms with Crippen LogP contribution in [0.25, 0.3) is 0 Å². The van der Waals surface area contributed by atoms with Crippen molar-refractivity contribution in [2.45, 2.75) is 45.8 Å². The van der Waals surface area contributed by atoms with Crippen LogP contribution < -0.4 is 10.6 Å². The summed E-state index contributed by atoms with van der Waals surface area (Å²) < 4.78 is 37.3. The Morgan fingerprint density at radius 1 is 1.41 bits per heavy atom. The van der Waals surface area contributed by atoms with Crippen LogP contribution in [-0.2, 0) is 12.6 Å². The molecule has 2 N–H and O–H groups in total. The summed E-state index contributed by atoms with van der Waals surface area (Å²) in [5, 5.41) is 7.82. The fraction of sp³-hybridized carbons (Fsp3) is 0.692. The van der Waals surface area contributed by atoms with Crippen molar-refractivity contribution in [2.75, 3.05) is 13.1 Å². The molecule has 9 heteroatoms. The lowest BCUT2D eigenvalue weighted by Gasteiger charge is -2.15. The molecule has 0 bridgehead atoms. The van der Waals surface area contributed by atoms with Crippen molar-refractivity contribution >= 4 is 41.3 Å². The van der Waals surface area contributed by atoms with Gasteiger partial charge < -0.3 is 10.6 Å². The molecule has 0 aliphatic heterocycles. The Morgan fingerprint density at radius 3 is 2.59 bits per heavy atom. The van der Waals surface area contributed by atoms with E-state index in [1.54, 1.807) is 0 Å². The van der Waals surface area contributed by atoms with Crippen LogP contribution in [0.15, 0.2) is 10.4 Å². The second-order valence-corrected chi connectivity index (χ2v) is 5.53. The first kappa shape index (κ1) is 21.4. The molecule has 0 spiro atoms.